The molecule has 5 heteroatoms. The first kappa shape index (κ1) is 10.3. The van der Waals surface area contributed by atoms with Gasteiger partial charge in [-0.3, -0.25) is 0 Å². The van der Waals surface area contributed by atoms with Gasteiger partial charge in [-0.05, 0) is 22.0 Å². The average Bonchev–Trinajstić information content (AvgIpc) is 2.09. The van der Waals surface area contributed by atoms with Gasteiger partial charge < -0.3 is 15.2 Å². The van der Waals surface area contributed by atoms with Gasteiger partial charge in [0.2, 0.25) is 5.88 Å². The third-order valence-electron chi connectivity index (χ3n) is 1.35. The second-order valence-electron chi connectivity index (χ2n) is 2.40. The molecule has 1 aromatic rings. The summed E-state index contributed by atoms with van der Waals surface area (Å²) >= 11 is 3.29. The van der Waals surface area contributed by atoms with E-state index >= 15 is 0 Å². The minimum absolute atomic E-state index is 0.478. The molecule has 1 heterocycles. The number of anilines is 1. The molecule has 0 unspecified atom stereocenters. The number of nitrogens with zero attached hydrogens (tertiary/aromatic N) is 1. The van der Waals surface area contributed by atoms with Gasteiger partial charge in [-0.15, -0.1) is 0 Å². The summed E-state index contributed by atoms with van der Waals surface area (Å²) in [6.07, 6.45) is 1.55. The maximum absolute atomic E-state index is 5.51. The Morgan fingerprint density at radius 2 is 2.31 bits per heavy atom. The van der Waals surface area contributed by atoms with Crippen molar-refractivity contribution < 1.29 is 9.47 Å². The highest BCUT2D eigenvalue weighted by molar-refractivity contribution is 9.10. The Labute approximate surface area is 85.2 Å². The second kappa shape index (κ2) is 5.04. The highest BCUT2D eigenvalue weighted by Gasteiger charge is 2.02. The smallest absolute Gasteiger partial charge is 0.228 e. The number of hydrogen-bond donors (Lipinski definition) is 1. The highest BCUT2D eigenvalue weighted by Crippen LogP contribution is 2.23. The van der Waals surface area contributed by atoms with Crippen molar-refractivity contribution in [3.8, 4) is 5.88 Å². The van der Waals surface area contributed by atoms with Crippen LogP contribution in [0, 0.1) is 0 Å². The molecule has 13 heavy (non-hydrogen) atoms. The molecule has 0 aliphatic heterocycles. The molecule has 2 N–H and O–H groups in total. The summed E-state index contributed by atoms with van der Waals surface area (Å²) in [4.78, 5) is 4.00. The maximum Gasteiger partial charge on any atom is 0.228 e. The van der Waals surface area contributed by atoms with Crippen LogP contribution in [0.2, 0.25) is 0 Å². The number of pyridine rings is 1. The van der Waals surface area contributed by atoms with E-state index in [4.69, 9.17) is 15.2 Å². The van der Waals surface area contributed by atoms with Crippen LogP contribution in [0.25, 0.3) is 0 Å². The van der Waals surface area contributed by atoms with E-state index in [9.17, 15) is 0 Å². The fourth-order valence-electron chi connectivity index (χ4n) is 0.768. The Morgan fingerprint density at radius 1 is 1.54 bits per heavy atom. The molecule has 1 rings (SSSR count). The molecule has 1 aromatic heterocycles. The minimum atomic E-state index is 0.478. The maximum atomic E-state index is 5.51. The van der Waals surface area contributed by atoms with Crippen molar-refractivity contribution in [3.05, 3.63) is 16.7 Å². The van der Waals surface area contributed by atoms with Crippen LogP contribution in [0.4, 0.5) is 5.69 Å². The number of rotatable bonds is 4. The SMILES string of the molecule is COCCOc1ncc(N)cc1Br. The first-order valence-electron chi connectivity index (χ1n) is 3.77. The molecular weight excluding hydrogens is 236 g/mol. The van der Waals surface area contributed by atoms with E-state index in [1.807, 2.05) is 0 Å². The number of ether oxygens (including phenoxy) is 2. The summed E-state index contributed by atoms with van der Waals surface area (Å²) in [5.41, 5.74) is 6.11. The topological polar surface area (TPSA) is 57.4 Å². The van der Waals surface area contributed by atoms with E-state index < -0.39 is 0 Å². The van der Waals surface area contributed by atoms with Crippen molar-refractivity contribution in [2.24, 2.45) is 0 Å². The zero-order valence-electron chi connectivity index (χ0n) is 7.29. The van der Waals surface area contributed by atoms with Gasteiger partial charge in [0.15, 0.2) is 0 Å². The number of nitrogen functional groups attached to an aromatic ring is 1. The molecule has 0 amide bonds. The van der Waals surface area contributed by atoms with Crippen molar-refractivity contribution >= 4 is 21.6 Å². The van der Waals surface area contributed by atoms with Gasteiger partial charge >= 0.3 is 0 Å². The van der Waals surface area contributed by atoms with E-state index in [1.165, 1.54) is 0 Å². The molecular formula is C8H11BrN2O2. The Bertz CT molecular complexity index is 281. The molecule has 0 aliphatic carbocycles. The lowest BCUT2D eigenvalue weighted by atomic mass is 10.4. The number of aromatic nitrogens is 1. The van der Waals surface area contributed by atoms with Crippen LogP contribution >= 0.6 is 15.9 Å². The zero-order valence-corrected chi connectivity index (χ0v) is 8.87. The van der Waals surface area contributed by atoms with Gasteiger partial charge in [0.05, 0.1) is 23.0 Å². The van der Waals surface area contributed by atoms with Gasteiger partial charge in [-0.1, -0.05) is 0 Å². The molecule has 0 spiro atoms. The second-order valence-corrected chi connectivity index (χ2v) is 3.25. The summed E-state index contributed by atoms with van der Waals surface area (Å²) < 4.78 is 10.9. The van der Waals surface area contributed by atoms with Crippen molar-refractivity contribution in [1.29, 1.82) is 0 Å². The first-order chi connectivity index (χ1) is 6.24. The number of methoxy groups -OCH3 is 1. The quantitative estimate of drug-likeness (QED) is 0.818. The fraction of sp³-hybridized carbons (Fsp3) is 0.375. The fourth-order valence-corrected chi connectivity index (χ4v) is 1.25. The molecule has 72 valence electrons. The van der Waals surface area contributed by atoms with Gasteiger partial charge in [-0.2, -0.15) is 0 Å². The van der Waals surface area contributed by atoms with Crippen LogP contribution in [0.5, 0.6) is 5.88 Å². The number of halogens is 1. The van der Waals surface area contributed by atoms with Crippen molar-refractivity contribution in [2.75, 3.05) is 26.1 Å². The molecule has 0 atom stereocenters. The molecule has 4 nitrogen and oxygen atoms in total. The van der Waals surface area contributed by atoms with Gasteiger partial charge in [0, 0.05) is 7.11 Å². The Hall–Kier alpha value is -0.810. The summed E-state index contributed by atoms with van der Waals surface area (Å²) in [6, 6.07) is 1.75. The number of hydrogen-bond acceptors (Lipinski definition) is 4. The monoisotopic (exact) mass is 246 g/mol. The normalized spacial score (nSPS) is 10.0. The van der Waals surface area contributed by atoms with Crippen LogP contribution in [0.1, 0.15) is 0 Å². The van der Waals surface area contributed by atoms with E-state index in [1.54, 1.807) is 19.4 Å². The third-order valence-corrected chi connectivity index (χ3v) is 1.92. The van der Waals surface area contributed by atoms with Crippen LogP contribution < -0.4 is 10.5 Å². The first-order valence-corrected chi connectivity index (χ1v) is 4.56. The van der Waals surface area contributed by atoms with E-state index in [0.29, 0.717) is 24.8 Å². The summed E-state index contributed by atoms with van der Waals surface area (Å²) in [7, 11) is 1.62. The summed E-state index contributed by atoms with van der Waals surface area (Å²) in [5.74, 6) is 0.534. The third kappa shape index (κ3) is 3.20. The lowest BCUT2D eigenvalue weighted by Gasteiger charge is -2.06. The zero-order chi connectivity index (χ0) is 9.68. The highest BCUT2D eigenvalue weighted by atomic mass is 79.9. The van der Waals surface area contributed by atoms with Gasteiger partial charge in [0.25, 0.3) is 0 Å². The lowest BCUT2D eigenvalue weighted by Crippen LogP contribution is -2.06. The van der Waals surface area contributed by atoms with E-state index in [2.05, 4.69) is 20.9 Å². The predicted octanol–water partition coefficient (Wildman–Crippen LogP) is 1.45. The molecule has 0 saturated carbocycles. The molecule has 0 radical (unpaired) electrons. The Kier molecular flexibility index (Phi) is 3.98. The van der Waals surface area contributed by atoms with Crippen LogP contribution in [0.3, 0.4) is 0 Å². The molecule has 0 fully saturated rings. The van der Waals surface area contributed by atoms with Crippen molar-refractivity contribution in [1.82, 2.24) is 4.98 Å². The van der Waals surface area contributed by atoms with Crippen molar-refractivity contribution in [3.63, 3.8) is 0 Å². The summed E-state index contributed by atoms with van der Waals surface area (Å²) in [6.45, 7) is 1.02. The molecule has 0 saturated heterocycles. The van der Waals surface area contributed by atoms with Gasteiger partial charge in [0.1, 0.15) is 6.61 Å². The van der Waals surface area contributed by atoms with Crippen LogP contribution in [0.15, 0.2) is 16.7 Å². The predicted molar refractivity (Wildman–Crippen MR) is 53.7 cm³/mol. The van der Waals surface area contributed by atoms with Crippen LogP contribution in [-0.2, 0) is 4.74 Å². The Morgan fingerprint density at radius 3 is 2.92 bits per heavy atom. The standard InChI is InChI=1S/C8H11BrN2O2/c1-12-2-3-13-8-7(9)4-6(10)5-11-8/h4-5H,2-3,10H2,1H3. The Balaban J connectivity index is 2.56. The van der Waals surface area contributed by atoms with Crippen LogP contribution in [-0.4, -0.2) is 25.3 Å². The number of nitrogens with two attached hydrogens (primary N) is 1. The molecule has 0 aromatic carbocycles. The minimum Gasteiger partial charge on any atom is -0.474 e. The molecule has 0 bridgehead atoms. The molecule has 0 aliphatic rings. The van der Waals surface area contributed by atoms with E-state index in [-0.39, 0.29) is 0 Å². The largest absolute Gasteiger partial charge is 0.474 e. The lowest BCUT2D eigenvalue weighted by molar-refractivity contribution is 0.143. The van der Waals surface area contributed by atoms with Gasteiger partial charge in [-0.25, -0.2) is 4.98 Å². The van der Waals surface area contributed by atoms with E-state index in [0.717, 1.165) is 4.47 Å². The summed E-state index contributed by atoms with van der Waals surface area (Å²) in [5, 5.41) is 0. The average molecular weight is 247 g/mol. The van der Waals surface area contributed by atoms with Crippen molar-refractivity contribution in [2.45, 2.75) is 0 Å².